The van der Waals surface area contributed by atoms with Crippen LogP contribution < -0.4 is 10.2 Å². The zero-order chi connectivity index (χ0) is 12.1. The molecular formula is C13H23N3S. The van der Waals surface area contributed by atoms with E-state index in [9.17, 15) is 0 Å². The maximum absolute atomic E-state index is 3.41. The van der Waals surface area contributed by atoms with E-state index in [1.54, 1.807) is 0 Å². The van der Waals surface area contributed by atoms with Gasteiger partial charge in [-0.15, -0.1) is 11.3 Å². The number of rotatable bonds is 5. The van der Waals surface area contributed by atoms with E-state index in [2.05, 4.69) is 46.6 Å². The Bertz CT molecular complexity index is 306. The topological polar surface area (TPSA) is 18.5 Å². The number of thiophene rings is 1. The van der Waals surface area contributed by atoms with E-state index in [-0.39, 0.29) is 0 Å². The van der Waals surface area contributed by atoms with Gasteiger partial charge in [0.25, 0.3) is 0 Å². The largest absolute Gasteiger partial charge is 0.366 e. The van der Waals surface area contributed by atoms with Crippen LogP contribution in [0.3, 0.4) is 0 Å². The van der Waals surface area contributed by atoms with E-state index in [0.29, 0.717) is 6.04 Å². The summed E-state index contributed by atoms with van der Waals surface area (Å²) in [7, 11) is 2.19. The lowest BCUT2D eigenvalue weighted by Crippen LogP contribution is -2.48. The molecule has 1 N–H and O–H groups in total. The molecule has 1 saturated heterocycles. The predicted octanol–water partition coefficient (Wildman–Crippen LogP) is 1.87. The van der Waals surface area contributed by atoms with Gasteiger partial charge in [-0.05, 0) is 30.9 Å². The van der Waals surface area contributed by atoms with Gasteiger partial charge in [-0.2, -0.15) is 0 Å². The van der Waals surface area contributed by atoms with Gasteiger partial charge in [0.2, 0.25) is 0 Å². The van der Waals surface area contributed by atoms with Crippen molar-refractivity contribution in [1.29, 1.82) is 0 Å². The highest BCUT2D eigenvalue weighted by molar-refractivity contribution is 7.14. The van der Waals surface area contributed by atoms with Crippen LogP contribution in [-0.4, -0.2) is 50.7 Å². The summed E-state index contributed by atoms with van der Waals surface area (Å²) in [6, 6.07) is 5.01. The second-order valence-electron chi connectivity index (χ2n) is 4.80. The molecule has 0 spiro atoms. The molecule has 0 amide bonds. The lowest BCUT2D eigenvalue weighted by molar-refractivity contribution is 0.178. The quantitative estimate of drug-likeness (QED) is 0.864. The fraction of sp³-hybridized carbons (Fsp3) is 0.692. The summed E-state index contributed by atoms with van der Waals surface area (Å²) in [6.45, 7) is 8.18. The maximum Gasteiger partial charge on any atom is 0.0905 e. The van der Waals surface area contributed by atoms with E-state index in [1.807, 2.05) is 11.3 Å². The monoisotopic (exact) mass is 253 g/mol. The minimum Gasteiger partial charge on any atom is -0.366 e. The SMILES string of the molecule is CC(CCN(C)c1cccs1)N1CCNCC1. The first kappa shape index (κ1) is 12.9. The number of piperazine rings is 1. The van der Waals surface area contributed by atoms with E-state index < -0.39 is 0 Å². The molecule has 96 valence electrons. The summed E-state index contributed by atoms with van der Waals surface area (Å²) in [4.78, 5) is 4.96. The second-order valence-corrected chi connectivity index (χ2v) is 5.72. The Balaban J connectivity index is 1.73. The minimum absolute atomic E-state index is 0.694. The lowest BCUT2D eigenvalue weighted by Gasteiger charge is -2.33. The van der Waals surface area contributed by atoms with Crippen LogP contribution in [0, 0.1) is 0 Å². The van der Waals surface area contributed by atoms with Gasteiger partial charge in [0, 0.05) is 45.8 Å². The third kappa shape index (κ3) is 3.69. The predicted molar refractivity (Wildman–Crippen MR) is 76.1 cm³/mol. The molecule has 1 fully saturated rings. The van der Waals surface area contributed by atoms with Crippen molar-refractivity contribution in [3.8, 4) is 0 Å². The standard InChI is InChI=1S/C13H23N3S/c1-12(16-9-6-14-7-10-16)5-8-15(2)13-4-3-11-17-13/h3-4,11-12,14H,5-10H2,1-2H3. The van der Waals surface area contributed by atoms with E-state index in [4.69, 9.17) is 0 Å². The van der Waals surface area contributed by atoms with E-state index in [0.717, 1.165) is 19.6 Å². The van der Waals surface area contributed by atoms with Crippen LogP contribution >= 0.6 is 11.3 Å². The van der Waals surface area contributed by atoms with Crippen molar-refractivity contribution >= 4 is 16.3 Å². The molecule has 1 unspecified atom stereocenters. The number of nitrogens with one attached hydrogen (secondary N) is 1. The molecule has 1 aromatic heterocycles. The van der Waals surface area contributed by atoms with Crippen LogP contribution in [0.4, 0.5) is 5.00 Å². The third-order valence-electron chi connectivity index (χ3n) is 3.54. The average molecular weight is 253 g/mol. The highest BCUT2D eigenvalue weighted by Gasteiger charge is 2.16. The van der Waals surface area contributed by atoms with Crippen LogP contribution in [0.25, 0.3) is 0 Å². The summed E-state index contributed by atoms with van der Waals surface area (Å²) >= 11 is 1.82. The van der Waals surface area contributed by atoms with Gasteiger partial charge in [-0.25, -0.2) is 0 Å². The van der Waals surface area contributed by atoms with Crippen LogP contribution in [-0.2, 0) is 0 Å². The molecule has 1 aliphatic heterocycles. The zero-order valence-electron chi connectivity index (χ0n) is 10.9. The van der Waals surface area contributed by atoms with Gasteiger partial charge in [0.15, 0.2) is 0 Å². The Kier molecular flexibility index (Phi) is 4.83. The molecule has 2 rings (SSSR count). The highest BCUT2D eigenvalue weighted by atomic mass is 32.1. The van der Waals surface area contributed by atoms with Gasteiger partial charge in [0.1, 0.15) is 0 Å². The first-order chi connectivity index (χ1) is 8.27. The van der Waals surface area contributed by atoms with Crippen molar-refractivity contribution in [2.75, 3.05) is 44.7 Å². The first-order valence-electron chi connectivity index (χ1n) is 6.47. The fourth-order valence-electron chi connectivity index (χ4n) is 2.28. The van der Waals surface area contributed by atoms with Crippen LogP contribution in [0.2, 0.25) is 0 Å². The molecule has 3 nitrogen and oxygen atoms in total. The Morgan fingerprint density at radius 3 is 2.88 bits per heavy atom. The molecule has 17 heavy (non-hydrogen) atoms. The molecule has 1 aliphatic rings. The van der Waals surface area contributed by atoms with Gasteiger partial charge in [0.05, 0.1) is 5.00 Å². The summed E-state index contributed by atoms with van der Waals surface area (Å²) in [6.07, 6.45) is 1.24. The average Bonchev–Trinajstić information content (AvgIpc) is 2.90. The molecule has 0 aromatic carbocycles. The minimum atomic E-state index is 0.694. The fourth-order valence-corrected chi connectivity index (χ4v) is 3.01. The molecule has 0 aliphatic carbocycles. The lowest BCUT2D eigenvalue weighted by atomic mass is 10.1. The number of nitrogens with zero attached hydrogens (tertiary/aromatic N) is 2. The molecule has 0 bridgehead atoms. The van der Waals surface area contributed by atoms with Gasteiger partial charge >= 0.3 is 0 Å². The van der Waals surface area contributed by atoms with Gasteiger partial charge in [-0.3, -0.25) is 4.90 Å². The summed E-state index contributed by atoms with van der Waals surface area (Å²) in [5, 5.41) is 6.92. The van der Waals surface area contributed by atoms with Crippen LogP contribution in [0.15, 0.2) is 17.5 Å². The second kappa shape index (κ2) is 6.38. The molecule has 1 atom stereocenters. The maximum atomic E-state index is 3.41. The van der Waals surface area contributed by atoms with Crippen molar-refractivity contribution < 1.29 is 0 Å². The zero-order valence-corrected chi connectivity index (χ0v) is 11.7. The van der Waals surface area contributed by atoms with Crippen LogP contribution in [0.5, 0.6) is 0 Å². The van der Waals surface area contributed by atoms with E-state index >= 15 is 0 Å². The summed E-state index contributed by atoms with van der Waals surface area (Å²) < 4.78 is 0. The summed E-state index contributed by atoms with van der Waals surface area (Å²) in [5.74, 6) is 0. The molecule has 0 saturated carbocycles. The van der Waals surface area contributed by atoms with E-state index in [1.165, 1.54) is 24.5 Å². The molecule has 2 heterocycles. The number of anilines is 1. The van der Waals surface area contributed by atoms with Gasteiger partial charge < -0.3 is 10.2 Å². The molecule has 1 aromatic rings. The van der Waals surface area contributed by atoms with Crippen molar-refractivity contribution in [2.45, 2.75) is 19.4 Å². The molecule has 4 heteroatoms. The number of hydrogen-bond donors (Lipinski definition) is 1. The van der Waals surface area contributed by atoms with Crippen molar-refractivity contribution in [1.82, 2.24) is 10.2 Å². The van der Waals surface area contributed by atoms with Crippen LogP contribution in [0.1, 0.15) is 13.3 Å². The Morgan fingerprint density at radius 1 is 1.47 bits per heavy atom. The van der Waals surface area contributed by atoms with Crippen molar-refractivity contribution in [3.63, 3.8) is 0 Å². The first-order valence-corrected chi connectivity index (χ1v) is 7.35. The Morgan fingerprint density at radius 2 is 2.24 bits per heavy atom. The smallest absolute Gasteiger partial charge is 0.0905 e. The highest BCUT2D eigenvalue weighted by Crippen LogP contribution is 2.20. The number of hydrogen-bond acceptors (Lipinski definition) is 4. The van der Waals surface area contributed by atoms with Crippen molar-refractivity contribution in [2.24, 2.45) is 0 Å². The summed E-state index contributed by atoms with van der Waals surface area (Å²) in [5.41, 5.74) is 0. The molecule has 0 radical (unpaired) electrons. The normalized spacial score (nSPS) is 19.2. The Labute approximate surface area is 108 Å². The van der Waals surface area contributed by atoms with Crippen molar-refractivity contribution in [3.05, 3.63) is 17.5 Å². The van der Waals surface area contributed by atoms with Gasteiger partial charge in [-0.1, -0.05) is 0 Å². The Hall–Kier alpha value is -0.580. The molecular weight excluding hydrogens is 230 g/mol. The third-order valence-corrected chi connectivity index (χ3v) is 4.52.